The molecule has 0 bridgehead atoms. The predicted molar refractivity (Wildman–Crippen MR) is 460 cm³/mol. The molecule has 33 atom stereocenters. The average molecular weight is 1860 g/mol. The van der Waals surface area contributed by atoms with Crippen molar-refractivity contribution >= 4 is 29.6 Å². The molecule has 6 aliphatic rings. The number of amides is 4. The Kier molecular flexibility index (Phi) is 53.9. The van der Waals surface area contributed by atoms with Crippen LogP contribution in [-0.4, -0.2) is 375 Å². The zero-order chi connectivity index (χ0) is 94.7. The number of carbonyl (C=O) groups is 5. The molecule has 129 heavy (non-hydrogen) atoms. The van der Waals surface area contributed by atoms with Crippen LogP contribution in [0.25, 0.3) is 0 Å². The molecule has 4 amide bonds. The Hall–Kier alpha value is -4.11. The van der Waals surface area contributed by atoms with Crippen LogP contribution >= 0.6 is 0 Å². The Balaban J connectivity index is 1.13. The number of ether oxygens (including phenoxy) is 12. The SMILES string of the molecule is CCCCCCCCCCCCC/C=C/[C@@H](O)[C@H](CO[C@@H]1OC(CO)[C@@H](O[C@@H]2OC(CO)[C@H](O[C@@H]3OC(CO)[C@H](O)[C@H](O[C@@H]4OC(CO)[C@H](O[C@@H]5OC(CO)[C@H](O)[C@H](O)C5NC(C)=O)[C@H](O[C@]5(C(=O)O)CC(O)[C@@H](NC(C)=O)C([C@H](O)[C@H](O)CO)O5)C4O)C3NC(C)=O)[C@H](O)C2O)[C@H](O)C1O)NC(=O)CCCCCCCCCCCCCCCCCCCCCCCCC. The van der Waals surface area contributed by atoms with Crippen molar-refractivity contribution in [1.82, 2.24) is 21.3 Å². The number of hydrogen-bond donors (Lipinski definition) is 23. The summed E-state index contributed by atoms with van der Waals surface area (Å²) < 4.78 is 72.4. The van der Waals surface area contributed by atoms with Gasteiger partial charge >= 0.3 is 5.97 Å². The third-order valence-electron chi connectivity index (χ3n) is 25.1. The molecule has 40 nitrogen and oxygen atoms in total. The standard InChI is InChI=1S/C89H160N4O36/c1-6-8-10-12-14-16-18-20-21-22-23-24-25-26-27-28-29-31-33-35-37-39-41-43-64(106)93-55(56(103)42-40-38-36-34-32-30-19-17-15-13-11-9-7-2)51-118-85-74(113)72(111)78(61(48-97)121-85)125-86-75(114)73(112)77(62(49-98)122-86)124-84-67(92-54(5)102)80(70(109)60(47-96)120-84)127-87-76(115)82(79(63(50-99)123-87)126-83-66(91-53(4)101)71(110)69(108)59(46-95)119-83)129-89(88(116)117)44-57(104)65(90-52(3)100)81(128-89)68(107)58(105)45-94/h40,42,55-63,65-87,94-99,103-105,107-115H,6-39,41,43-51H2,1-5H3,(H,90,100)(H,91,101)(H,92,102)(H,93,106)(H,116,117)/b42-40+/t55-,56+,57?,58+,59?,60?,61?,62?,63?,65+,66?,67?,68+,69-,70-,71+,72+,73+,74?,75?,76?,77-,78+,79-,80+,81?,82+,83-,84-,85+,86-,87-,89-/m0/s1. The second kappa shape index (κ2) is 61.2. The molecule has 12 unspecified atom stereocenters. The quantitative estimate of drug-likeness (QED) is 0.0282. The lowest BCUT2D eigenvalue weighted by Crippen LogP contribution is -2.72. The van der Waals surface area contributed by atoms with Crippen molar-refractivity contribution < 1.29 is 178 Å². The van der Waals surface area contributed by atoms with Crippen molar-refractivity contribution in [3.63, 3.8) is 0 Å². The van der Waals surface area contributed by atoms with Crippen LogP contribution in [-0.2, 0) is 80.8 Å². The number of carbonyl (C=O) groups excluding carboxylic acids is 4. The molecule has 0 spiro atoms. The van der Waals surface area contributed by atoms with E-state index in [0.717, 1.165) is 72.1 Å². The first kappa shape index (κ1) is 114. The minimum Gasteiger partial charge on any atom is -0.477 e. The second-order valence-electron chi connectivity index (χ2n) is 35.6. The number of carboxylic acid groups (broad SMARTS) is 1. The Bertz CT molecular complexity index is 3110. The van der Waals surface area contributed by atoms with Crippen LogP contribution in [0.1, 0.15) is 272 Å². The van der Waals surface area contributed by atoms with Crippen molar-refractivity contribution in [3.8, 4) is 0 Å². The number of aliphatic carboxylic acids is 1. The molecule has 0 aromatic carbocycles. The van der Waals surface area contributed by atoms with Gasteiger partial charge in [0.15, 0.2) is 31.5 Å². The maximum atomic E-state index is 13.8. The summed E-state index contributed by atoms with van der Waals surface area (Å²) in [5.74, 6) is -8.68. The van der Waals surface area contributed by atoms with Gasteiger partial charge in [-0.3, -0.25) is 19.2 Å². The first-order chi connectivity index (χ1) is 61.9. The fourth-order valence-corrected chi connectivity index (χ4v) is 17.6. The highest BCUT2D eigenvalue weighted by Gasteiger charge is 2.63. The van der Waals surface area contributed by atoms with E-state index in [0.29, 0.717) is 12.8 Å². The molecule has 0 aromatic rings. The van der Waals surface area contributed by atoms with E-state index in [2.05, 4.69) is 35.1 Å². The summed E-state index contributed by atoms with van der Waals surface area (Å²) >= 11 is 0. The van der Waals surface area contributed by atoms with Gasteiger partial charge in [-0.15, -0.1) is 0 Å². The molecular formula is C89H160N4O36. The summed E-state index contributed by atoms with van der Waals surface area (Å²) in [6, 6.07) is -6.69. The molecule has 23 N–H and O–H groups in total. The molecular weight excluding hydrogens is 1700 g/mol. The van der Waals surface area contributed by atoms with Gasteiger partial charge in [0.25, 0.3) is 5.79 Å². The lowest BCUT2D eigenvalue weighted by molar-refractivity contribution is -0.400. The minimum atomic E-state index is -3.41. The molecule has 752 valence electrons. The molecule has 0 saturated carbocycles. The zero-order valence-corrected chi connectivity index (χ0v) is 76.2. The van der Waals surface area contributed by atoms with Crippen LogP contribution in [0.2, 0.25) is 0 Å². The fraction of sp³-hybridized carbons (Fsp3) is 0.921. The summed E-state index contributed by atoms with van der Waals surface area (Å²) in [6.07, 6.45) is -14.1. The lowest BCUT2D eigenvalue weighted by Gasteiger charge is -2.53. The van der Waals surface area contributed by atoms with Crippen LogP contribution in [0, 0.1) is 0 Å². The first-order valence-electron chi connectivity index (χ1n) is 47.6. The number of aliphatic hydroxyl groups is 18. The normalized spacial score (nSPS) is 34.3. The van der Waals surface area contributed by atoms with Crippen molar-refractivity contribution in [2.75, 3.05) is 46.2 Å². The number of hydrogen-bond acceptors (Lipinski definition) is 35. The summed E-state index contributed by atoms with van der Waals surface area (Å²) in [7, 11) is 0. The Morgan fingerprint density at radius 1 is 0.403 bits per heavy atom. The van der Waals surface area contributed by atoms with E-state index in [1.54, 1.807) is 6.08 Å². The molecule has 0 aromatic heterocycles. The van der Waals surface area contributed by atoms with E-state index in [1.165, 1.54) is 161 Å². The van der Waals surface area contributed by atoms with E-state index < -0.39 is 278 Å². The molecule has 6 rings (SSSR count). The molecule has 6 fully saturated rings. The van der Waals surface area contributed by atoms with Crippen LogP contribution in [0.3, 0.4) is 0 Å². The number of nitrogens with one attached hydrogen (secondary N) is 4. The van der Waals surface area contributed by atoms with Crippen LogP contribution in [0.4, 0.5) is 0 Å². The molecule has 6 saturated heterocycles. The van der Waals surface area contributed by atoms with E-state index >= 15 is 0 Å². The van der Waals surface area contributed by atoms with Gasteiger partial charge in [-0.05, 0) is 19.3 Å². The van der Waals surface area contributed by atoms with Crippen molar-refractivity contribution in [3.05, 3.63) is 12.2 Å². The number of carboxylic acids is 1. The van der Waals surface area contributed by atoms with Gasteiger partial charge < -0.3 is 175 Å². The summed E-state index contributed by atoms with van der Waals surface area (Å²) in [5, 5.41) is 224. The smallest absolute Gasteiger partial charge is 0.364 e. The van der Waals surface area contributed by atoms with Crippen molar-refractivity contribution in [2.24, 2.45) is 0 Å². The minimum absolute atomic E-state index is 0.157. The van der Waals surface area contributed by atoms with Gasteiger partial charge in [0, 0.05) is 33.6 Å². The highest BCUT2D eigenvalue weighted by Crippen LogP contribution is 2.42. The second-order valence-corrected chi connectivity index (χ2v) is 35.6. The third-order valence-corrected chi connectivity index (χ3v) is 25.1. The van der Waals surface area contributed by atoms with E-state index in [4.69, 9.17) is 56.8 Å². The highest BCUT2D eigenvalue weighted by atomic mass is 16.8. The first-order valence-corrected chi connectivity index (χ1v) is 47.6. The lowest BCUT2D eigenvalue weighted by atomic mass is 9.88. The number of unbranched alkanes of at least 4 members (excludes halogenated alkanes) is 33. The number of aliphatic hydroxyl groups excluding tert-OH is 18. The van der Waals surface area contributed by atoms with Gasteiger partial charge in [0.2, 0.25) is 23.6 Å². The van der Waals surface area contributed by atoms with E-state index in [-0.39, 0.29) is 12.3 Å². The van der Waals surface area contributed by atoms with Crippen LogP contribution < -0.4 is 21.3 Å². The van der Waals surface area contributed by atoms with Gasteiger partial charge in [-0.2, -0.15) is 0 Å². The molecule has 6 heterocycles. The van der Waals surface area contributed by atoms with Gasteiger partial charge in [0.1, 0.15) is 140 Å². The summed E-state index contributed by atoms with van der Waals surface area (Å²) in [6.45, 7) is 0.113. The summed E-state index contributed by atoms with van der Waals surface area (Å²) in [4.78, 5) is 65.8. The molecule has 0 aliphatic carbocycles. The average Bonchev–Trinajstić information content (AvgIpc) is 0.742. The Morgan fingerprint density at radius 2 is 0.775 bits per heavy atom. The van der Waals surface area contributed by atoms with E-state index in [9.17, 15) is 121 Å². The maximum Gasteiger partial charge on any atom is 0.364 e. The van der Waals surface area contributed by atoms with E-state index in [1.807, 2.05) is 6.08 Å². The molecule has 0 radical (unpaired) electrons. The summed E-state index contributed by atoms with van der Waals surface area (Å²) in [5.41, 5.74) is 0. The Labute approximate surface area is 758 Å². The molecule has 40 heteroatoms. The third kappa shape index (κ3) is 36.1. The zero-order valence-electron chi connectivity index (χ0n) is 76.2. The largest absolute Gasteiger partial charge is 0.477 e. The predicted octanol–water partition coefficient (Wildman–Crippen LogP) is 0.0464. The van der Waals surface area contributed by atoms with Gasteiger partial charge in [-0.25, -0.2) is 4.79 Å². The van der Waals surface area contributed by atoms with Crippen molar-refractivity contribution in [1.29, 1.82) is 0 Å². The highest BCUT2D eigenvalue weighted by molar-refractivity contribution is 5.77. The molecule has 6 aliphatic heterocycles. The van der Waals surface area contributed by atoms with Crippen molar-refractivity contribution in [2.45, 2.75) is 474 Å². The fourth-order valence-electron chi connectivity index (χ4n) is 17.6. The number of allylic oxidation sites excluding steroid dienone is 1. The van der Waals surface area contributed by atoms with Crippen LogP contribution in [0.5, 0.6) is 0 Å². The maximum absolute atomic E-state index is 13.8. The van der Waals surface area contributed by atoms with Gasteiger partial charge in [-0.1, -0.05) is 231 Å². The number of rotatable bonds is 64. The van der Waals surface area contributed by atoms with Gasteiger partial charge in [0.05, 0.1) is 70.5 Å². The topological polar surface area (TPSA) is 629 Å². The van der Waals surface area contributed by atoms with Crippen LogP contribution in [0.15, 0.2) is 12.2 Å². The Morgan fingerprint density at radius 3 is 1.22 bits per heavy atom. The monoisotopic (exact) mass is 1860 g/mol.